The molecule has 3 heterocycles. The lowest BCUT2D eigenvalue weighted by Crippen LogP contribution is -2.23. The van der Waals surface area contributed by atoms with E-state index in [1.807, 2.05) is 60.7 Å². The molecule has 0 spiro atoms. The van der Waals surface area contributed by atoms with Crippen LogP contribution in [0.1, 0.15) is 130 Å². The van der Waals surface area contributed by atoms with Crippen LogP contribution in [-0.2, 0) is 39.1 Å². The van der Waals surface area contributed by atoms with Crippen molar-refractivity contribution in [3.05, 3.63) is 164 Å². The Morgan fingerprint density at radius 1 is 0.552 bits per heavy atom. The second kappa shape index (κ2) is 18.5. The van der Waals surface area contributed by atoms with E-state index in [-0.39, 0.29) is 33.7 Å². The Hall–Kier alpha value is -6.23. The van der Waals surface area contributed by atoms with Crippen molar-refractivity contribution in [3.8, 4) is 50.6 Å². The van der Waals surface area contributed by atoms with Gasteiger partial charge >= 0.3 is 0 Å². The lowest BCUT2D eigenvalue weighted by atomic mass is 9.85. The van der Waals surface area contributed by atoms with Crippen molar-refractivity contribution < 1.29 is 38.2 Å². The number of halogens is 2. The van der Waals surface area contributed by atoms with E-state index in [0.29, 0.717) is 49.1 Å². The minimum absolute atomic E-state index is 0.0583. The molecule has 0 saturated carbocycles. The summed E-state index contributed by atoms with van der Waals surface area (Å²) >= 11 is 6.66. The van der Waals surface area contributed by atoms with Crippen LogP contribution >= 0.6 is 31.9 Å². The van der Waals surface area contributed by atoms with Crippen LogP contribution in [0, 0.1) is 0 Å². The van der Waals surface area contributed by atoms with E-state index in [0.717, 1.165) is 134 Å². The van der Waals surface area contributed by atoms with Crippen molar-refractivity contribution in [2.24, 2.45) is 0 Å². The molecule has 0 aromatic heterocycles. The molecule has 6 aromatic carbocycles. The summed E-state index contributed by atoms with van der Waals surface area (Å²) in [7, 11) is 0. The smallest absolute Gasteiger partial charge is 0.176 e. The van der Waals surface area contributed by atoms with Gasteiger partial charge in [0.2, 0.25) is 0 Å². The first-order valence-electron chi connectivity index (χ1n) is 22.7. The van der Waals surface area contributed by atoms with E-state index in [2.05, 4.69) is 74.8 Å². The Bertz CT molecular complexity index is 3130. The predicted molar refractivity (Wildman–Crippen MR) is 267 cm³/mol. The predicted octanol–water partition coefficient (Wildman–Crippen LogP) is 13.1. The number of carbonyl (C=O) groups is 5. The first-order valence-corrected chi connectivity index (χ1v) is 24.8. The number of carbonyl (C=O) groups excluding carboxylic acids is 5. The van der Waals surface area contributed by atoms with Gasteiger partial charge in [0.15, 0.2) is 28.9 Å². The number of aryl methyl sites for hydroxylation is 3. The van der Waals surface area contributed by atoms with Gasteiger partial charge in [-0.1, -0.05) is 80.9 Å². The summed E-state index contributed by atoms with van der Waals surface area (Å²) in [5, 5.41) is 0.312. The van der Waals surface area contributed by atoms with Crippen molar-refractivity contribution in [1.82, 2.24) is 0 Å². The van der Waals surface area contributed by atoms with Crippen LogP contribution in [0.5, 0.6) is 17.2 Å². The number of ether oxygens (including phenoxy) is 3. The van der Waals surface area contributed by atoms with Gasteiger partial charge in [0.25, 0.3) is 0 Å². The van der Waals surface area contributed by atoms with Gasteiger partial charge in [0.1, 0.15) is 37.1 Å². The lowest BCUT2D eigenvalue weighted by molar-refractivity contribution is 0.0964. The van der Waals surface area contributed by atoms with Gasteiger partial charge in [0, 0.05) is 57.3 Å². The van der Waals surface area contributed by atoms with Crippen LogP contribution in [0.25, 0.3) is 39.5 Å². The number of ketones is 5. The first-order chi connectivity index (χ1) is 32.5. The Balaban J connectivity index is 0.000000118. The van der Waals surface area contributed by atoms with E-state index < -0.39 is 0 Å². The topological polar surface area (TPSA) is 113 Å². The third-order valence-electron chi connectivity index (χ3n) is 13.6. The normalized spacial score (nSPS) is 16.5. The van der Waals surface area contributed by atoms with Crippen LogP contribution < -0.4 is 14.2 Å². The lowest BCUT2D eigenvalue weighted by Gasteiger charge is -2.26. The summed E-state index contributed by atoms with van der Waals surface area (Å²) in [6.45, 7) is 6.79. The maximum absolute atomic E-state index is 12.4. The number of hydrogen-bond acceptors (Lipinski definition) is 8. The molecular formula is C57H46Br2O8. The molecule has 1 unspecified atom stereocenters. The molecule has 0 amide bonds. The summed E-state index contributed by atoms with van der Waals surface area (Å²) in [6, 6.07) is 29.9. The van der Waals surface area contributed by atoms with Crippen LogP contribution in [-0.4, -0.2) is 39.1 Å². The second-order valence-electron chi connectivity index (χ2n) is 17.8. The molecule has 67 heavy (non-hydrogen) atoms. The Morgan fingerprint density at radius 2 is 1.01 bits per heavy atom. The van der Waals surface area contributed by atoms with Gasteiger partial charge < -0.3 is 14.2 Å². The first kappa shape index (κ1) is 44.6. The maximum Gasteiger partial charge on any atom is 0.176 e. The Kier molecular flexibility index (Phi) is 12.3. The second-order valence-corrected chi connectivity index (χ2v) is 19.5. The number of benzene rings is 6. The number of rotatable bonds is 4. The average Bonchev–Trinajstić information content (AvgIpc) is 3.35. The van der Waals surface area contributed by atoms with Crippen LogP contribution in [0.15, 0.2) is 97.6 Å². The van der Waals surface area contributed by atoms with E-state index in [4.69, 9.17) is 14.2 Å². The Labute approximate surface area is 406 Å². The number of hydrogen-bond donors (Lipinski definition) is 0. The van der Waals surface area contributed by atoms with Gasteiger partial charge in [-0.3, -0.25) is 24.0 Å². The molecule has 3 aliphatic carbocycles. The molecule has 0 fully saturated rings. The summed E-state index contributed by atoms with van der Waals surface area (Å²) in [5.41, 5.74) is 18.0. The van der Waals surface area contributed by atoms with Crippen LogP contribution in [0.3, 0.4) is 0 Å². The molecule has 6 aliphatic rings. The zero-order chi connectivity index (χ0) is 46.5. The summed E-state index contributed by atoms with van der Waals surface area (Å²) in [4.78, 5) is 59.7. The van der Waals surface area contributed by atoms with E-state index >= 15 is 0 Å². The molecule has 10 heteroatoms. The molecule has 0 N–H and O–H groups in total. The molecule has 1 atom stereocenters. The highest BCUT2D eigenvalue weighted by molar-refractivity contribution is 9.10. The van der Waals surface area contributed by atoms with Crippen molar-refractivity contribution in [1.29, 1.82) is 0 Å². The largest absolute Gasteiger partial charge is 0.488 e. The SMILES string of the molecule is C=Cc1ccc2c(c1)COc1cc3c(cc1-2)CCCC3=O.CC(=O)c1ccc2c(c1)COc1cc3c(cc1-2)CCCC3=O.O=C(CBr)c1ccc2c(c1)COc1cc3c(cc1-2)CCC(Br)C3=O. The van der Waals surface area contributed by atoms with Gasteiger partial charge in [-0.05, 0) is 156 Å². The van der Waals surface area contributed by atoms with Gasteiger partial charge in [-0.25, -0.2) is 0 Å². The van der Waals surface area contributed by atoms with Gasteiger partial charge in [-0.2, -0.15) is 0 Å². The third kappa shape index (κ3) is 8.55. The van der Waals surface area contributed by atoms with Crippen LogP contribution in [0.4, 0.5) is 0 Å². The minimum atomic E-state index is -0.100. The fourth-order valence-electron chi connectivity index (χ4n) is 9.97. The molecule has 3 aliphatic heterocycles. The highest BCUT2D eigenvalue weighted by atomic mass is 79.9. The molecule has 0 radical (unpaired) electrons. The quantitative estimate of drug-likeness (QED) is 0.127. The van der Waals surface area contributed by atoms with Crippen molar-refractivity contribution in [2.45, 2.75) is 82.9 Å². The molecule has 0 bridgehead atoms. The summed E-state index contributed by atoms with van der Waals surface area (Å²) in [6.07, 6.45) is 8.62. The summed E-state index contributed by atoms with van der Waals surface area (Å²) < 4.78 is 17.6. The molecule has 8 nitrogen and oxygen atoms in total. The van der Waals surface area contributed by atoms with Crippen molar-refractivity contribution >= 4 is 66.9 Å². The minimum Gasteiger partial charge on any atom is -0.488 e. The molecule has 6 aromatic rings. The maximum atomic E-state index is 12.4. The van der Waals surface area contributed by atoms with Gasteiger partial charge in [-0.15, -0.1) is 0 Å². The van der Waals surface area contributed by atoms with Crippen molar-refractivity contribution in [2.75, 3.05) is 5.33 Å². The highest BCUT2D eigenvalue weighted by Gasteiger charge is 2.30. The molecular weight excluding hydrogens is 972 g/mol. The summed E-state index contributed by atoms with van der Waals surface area (Å²) in [5.74, 6) is 3.07. The fraction of sp³-hybridized carbons (Fsp3) is 0.246. The number of alkyl halides is 2. The number of Topliss-reactive ketones (excluding diaryl/α,β-unsaturated/α-hetero) is 5. The average molecular weight is 1020 g/mol. The van der Waals surface area contributed by atoms with E-state index in [9.17, 15) is 24.0 Å². The Morgan fingerprint density at radius 3 is 1.52 bits per heavy atom. The molecule has 12 rings (SSSR count). The number of fused-ring (bicyclic) bond motifs is 12. The highest BCUT2D eigenvalue weighted by Crippen LogP contribution is 2.44. The standard InChI is InChI=1S/C19H14Br2O3.C19H16O3.C19H16O2/c20-8-17(22)11-1-3-13-12(5-11)9-24-18-7-14-10(6-15(13)18)2-4-16(21)19(14)23;1-11(20)12-5-6-15-14(7-12)10-22-19-9-16-13(8-17(15)19)3-2-4-18(16)21;1-2-12-6-7-15-14(8-12)11-21-19-10-16-13(9-17(15)19)4-3-5-18(16)20/h1,3,5-7,16H,2,4,8-9H2;5-9H,2-4,10H2,1H3;2,6-10H,1,3-5,11H2. The molecule has 0 saturated heterocycles. The fourth-order valence-corrected chi connectivity index (χ4v) is 10.8. The van der Waals surface area contributed by atoms with Gasteiger partial charge in [0.05, 0.1) is 10.2 Å². The zero-order valence-electron chi connectivity index (χ0n) is 37.0. The third-order valence-corrected chi connectivity index (χ3v) is 15.0. The molecule has 336 valence electrons. The zero-order valence-corrected chi connectivity index (χ0v) is 40.2. The van der Waals surface area contributed by atoms with Crippen LogP contribution in [0.2, 0.25) is 0 Å². The van der Waals surface area contributed by atoms with Crippen molar-refractivity contribution in [3.63, 3.8) is 0 Å². The monoisotopic (exact) mass is 1020 g/mol. The van der Waals surface area contributed by atoms with E-state index in [1.54, 1.807) is 6.92 Å². The van der Waals surface area contributed by atoms with E-state index in [1.165, 1.54) is 11.1 Å².